The van der Waals surface area contributed by atoms with Crippen LogP contribution in [0, 0.1) is 0 Å². The molecule has 0 saturated heterocycles. The van der Waals surface area contributed by atoms with Crippen molar-refractivity contribution in [1.29, 1.82) is 0 Å². The van der Waals surface area contributed by atoms with Gasteiger partial charge in [0.1, 0.15) is 0 Å². The monoisotopic (exact) mass is 460 g/mol. The summed E-state index contributed by atoms with van der Waals surface area (Å²) in [5, 5.41) is 2.81. The number of sulfonamides is 1. The van der Waals surface area contributed by atoms with E-state index in [9.17, 15) is 13.2 Å². The summed E-state index contributed by atoms with van der Waals surface area (Å²) in [6.45, 7) is 3.50. The van der Waals surface area contributed by atoms with Gasteiger partial charge in [-0.15, -0.1) is 0 Å². The number of ether oxygens (including phenoxy) is 1. The van der Waals surface area contributed by atoms with E-state index in [4.69, 9.17) is 4.74 Å². The van der Waals surface area contributed by atoms with Crippen LogP contribution >= 0.6 is 15.9 Å². The first-order valence-corrected chi connectivity index (χ1v) is 11.8. The third-order valence-electron chi connectivity index (χ3n) is 4.69. The third kappa shape index (κ3) is 6.85. The molecule has 1 aliphatic rings. The van der Waals surface area contributed by atoms with Crippen molar-refractivity contribution in [3.63, 3.8) is 0 Å². The van der Waals surface area contributed by atoms with Gasteiger partial charge < -0.3 is 10.1 Å². The molecule has 1 saturated carbocycles. The van der Waals surface area contributed by atoms with Crippen LogP contribution in [-0.2, 0) is 19.6 Å². The highest BCUT2D eigenvalue weighted by Gasteiger charge is 2.33. The molecule has 1 fully saturated rings. The number of benzene rings is 1. The van der Waals surface area contributed by atoms with Crippen LogP contribution < -0.4 is 5.32 Å². The molecule has 1 aliphatic carbocycles. The molecule has 152 valence electrons. The number of halogens is 1. The Labute approximate surface area is 170 Å². The number of nitrogens with zero attached hydrogens (tertiary/aromatic N) is 1. The Bertz CT molecular complexity index is 688. The Balaban J connectivity index is 2.09. The van der Waals surface area contributed by atoms with Gasteiger partial charge in [-0.25, -0.2) is 8.42 Å². The lowest BCUT2D eigenvalue weighted by atomic mass is 9.95. The minimum Gasteiger partial charge on any atom is -0.382 e. The van der Waals surface area contributed by atoms with Crippen LogP contribution in [0.5, 0.6) is 0 Å². The Morgan fingerprint density at radius 3 is 2.52 bits per heavy atom. The average molecular weight is 461 g/mol. The fourth-order valence-electron chi connectivity index (χ4n) is 3.27. The van der Waals surface area contributed by atoms with E-state index in [1.807, 2.05) is 6.92 Å². The molecule has 2 rings (SSSR count). The molecule has 8 heteroatoms. The number of nitrogens with one attached hydrogen (secondary N) is 1. The molecule has 0 atom stereocenters. The molecule has 1 N–H and O–H groups in total. The number of carbonyl (C=O) groups is 1. The average Bonchev–Trinajstić information content (AvgIpc) is 2.67. The van der Waals surface area contributed by atoms with Crippen molar-refractivity contribution < 1.29 is 17.9 Å². The molecule has 27 heavy (non-hydrogen) atoms. The van der Waals surface area contributed by atoms with E-state index in [2.05, 4.69) is 21.2 Å². The summed E-state index contributed by atoms with van der Waals surface area (Å²) in [4.78, 5) is 12.6. The Morgan fingerprint density at radius 2 is 1.89 bits per heavy atom. The Hall–Kier alpha value is -0.960. The molecule has 0 aromatic heterocycles. The maximum atomic E-state index is 13.2. The van der Waals surface area contributed by atoms with E-state index in [-0.39, 0.29) is 23.4 Å². The van der Waals surface area contributed by atoms with Gasteiger partial charge in [-0.3, -0.25) is 4.79 Å². The summed E-state index contributed by atoms with van der Waals surface area (Å²) in [5.74, 6) is -0.266. The molecule has 0 aliphatic heterocycles. The minimum atomic E-state index is -3.72. The predicted octanol–water partition coefficient (Wildman–Crippen LogP) is 3.32. The van der Waals surface area contributed by atoms with Gasteiger partial charge in [0.25, 0.3) is 0 Å². The summed E-state index contributed by atoms with van der Waals surface area (Å²) in [5.41, 5.74) is 0. The lowest BCUT2D eigenvalue weighted by molar-refractivity contribution is -0.121. The van der Waals surface area contributed by atoms with Crippen molar-refractivity contribution >= 4 is 31.9 Å². The Kier molecular flexibility index (Phi) is 9.21. The van der Waals surface area contributed by atoms with Crippen LogP contribution in [0.1, 0.15) is 45.4 Å². The van der Waals surface area contributed by atoms with Gasteiger partial charge in [0.15, 0.2) is 0 Å². The number of rotatable bonds is 10. The summed E-state index contributed by atoms with van der Waals surface area (Å²) in [7, 11) is -3.72. The molecular formula is C19H29BrN2O4S. The molecule has 1 aromatic rings. The molecule has 1 amide bonds. The fraction of sp³-hybridized carbons (Fsp3) is 0.632. The van der Waals surface area contributed by atoms with Gasteiger partial charge in [-0.05, 0) is 50.5 Å². The van der Waals surface area contributed by atoms with Crippen LogP contribution in [0.3, 0.4) is 0 Å². The van der Waals surface area contributed by atoms with Crippen molar-refractivity contribution in [2.24, 2.45) is 0 Å². The number of hydrogen-bond acceptors (Lipinski definition) is 4. The summed E-state index contributed by atoms with van der Waals surface area (Å²) < 4.78 is 33.9. The van der Waals surface area contributed by atoms with E-state index in [1.165, 1.54) is 4.31 Å². The lowest BCUT2D eigenvalue weighted by Crippen LogP contribution is -2.47. The van der Waals surface area contributed by atoms with Crippen molar-refractivity contribution in [2.45, 2.75) is 56.4 Å². The minimum absolute atomic E-state index is 0.124. The van der Waals surface area contributed by atoms with Gasteiger partial charge in [0, 0.05) is 30.3 Å². The zero-order valence-corrected chi connectivity index (χ0v) is 18.2. The highest BCUT2D eigenvalue weighted by atomic mass is 79.9. The highest BCUT2D eigenvalue weighted by Crippen LogP contribution is 2.28. The molecule has 6 nitrogen and oxygen atoms in total. The zero-order chi connectivity index (χ0) is 19.7. The predicted molar refractivity (Wildman–Crippen MR) is 109 cm³/mol. The second kappa shape index (κ2) is 11.1. The lowest BCUT2D eigenvalue weighted by Gasteiger charge is -2.33. The van der Waals surface area contributed by atoms with Gasteiger partial charge in [0.2, 0.25) is 15.9 Å². The van der Waals surface area contributed by atoms with E-state index >= 15 is 0 Å². The van der Waals surface area contributed by atoms with Crippen molar-refractivity contribution in [3.05, 3.63) is 28.7 Å². The van der Waals surface area contributed by atoms with Gasteiger partial charge >= 0.3 is 0 Å². The molecule has 1 aromatic carbocycles. The first-order valence-electron chi connectivity index (χ1n) is 9.57. The Morgan fingerprint density at radius 1 is 1.22 bits per heavy atom. The molecular weight excluding hydrogens is 432 g/mol. The number of amides is 1. The first kappa shape index (κ1) is 22.3. The summed E-state index contributed by atoms with van der Waals surface area (Å²) >= 11 is 3.33. The maximum Gasteiger partial charge on any atom is 0.243 e. The molecule has 0 unspecified atom stereocenters. The molecule has 0 bridgehead atoms. The van der Waals surface area contributed by atoms with Crippen molar-refractivity contribution in [1.82, 2.24) is 9.62 Å². The van der Waals surface area contributed by atoms with E-state index < -0.39 is 10.0 Å². The SMILES string of the molecule is CCOCCCNC(=O)CN(C1CCCCC1)S(=O)(=O)c1ccc(Br)cc1. The van der Waals surface area contributed by atoms with Crippen LogP contribution in [0.15, 0.2) is 33.6 Å². The first-order chi connectivity index (χ1) is 12.9. The van der Waals surface area contributed by atoms with E-state index in [1.54, 1.807) is 24.3 Å². The fourth-order valence-corrected chi connectivity index (χ4v) is 5.17. The number of hydrogen-bond donors (Lipinski definition) is 1. The smallest absolute Gasteiger partial charge is 0.243 e. The molecule has 0 radical (unpaired) electrons. The largest absolute Gasteiger partial charge is 0.382 e. The van der Waals surface area contributed by atoms with Crippen LogP contribution in [0.25, 0.3) is 0 Å². The highest BCUT2D eigenvalue weighted by molar-refractivity contribution is 9.10. The van der Waals surface area contributed by atoms with Crippen molar-refractivity contribution in [2.75, 3.05) is 26.3 Å². The van der Waals surface area contributed by atoms with E-state index in [0.717, 1.165) is 36.6 Å². The van der Waals surface area contributed by atoms with Crippen molar-refractivity contribution in [3.8, 4) is 0 Å². The topological polar surface area (TPSA) is 75.7 Å². The van der Waals surface area contributed by atoms with Gasteiger partial charge in [0.05, 0.1) is 11.4 Å². The van der Waals surface area contributed by atoms with Crippen LogP contribution in [0.2, 0.25) is 0 Å². The molecule has 0 heterocycles. The van der Waals surface area contributed by atoms with Crippen LogP contribution in [0.4, 0.5) is 0 Å². The van der Waals surface area contributed by atoms with Gasteiger partial charge in [-0.2, -0.15) is 4.31 Å². The normalized spacial score (nSPS) is 15.8. The number of carbonyl (C=O) groups excluding carboxylic acids is 1. The van der Waals surface area contributed by atoms with Gasteiger partial charge in [-0.1, -0.05) is 35.2 Å². The second-order valence-corrected chi connectivity index (χ2v) is 9.50. The van der Waals surface area contributed by atoms with Crippen LogP contribution in [-0.4, -0.2) is 51.0 Å². The van der Waals surface area contributed by atoms with E-state index in [0.29, 0.717) is 26.2 Å². The maximum absolute atomic E-state index is 13.2. The summed E-state index contributed by atoms with van der Waals surface area (Å²) in [6, 6.07) is 6.45. The standard InChI is InChI=1S/C19H29BrN2O4S/c1-2-26-14-6-13-21-19(23)15-22(17-7-4-3-5-8-17)27(24,25)18-11-9-16(20)10-12-18/h9-12,17H,2-8,13-15H2,1H3,(H,21,23). The third-order valence-corrected chi connectivity index (χ3v) is 7.13. The second-order valence-electron chi connectivity index (χ2n) is 6.70. The zero-order valence-electron chi connectivity index (χ0n) is 15.8. The quantitative estimate of drug-likeness (QED) is 0.543. The molecule has 0 spiro atoms. The summed E-state index contributed by atoms with van der Waals surface area (Å²) in [6.07, 6.45) is 5.41.